The summed E-state index contributed by atoms with van der Waals surface area (Å²) < 4.78 is 16.0. The molecule has 0 fully saturated rings. The van der Waals surface area contributed by atoms with E-state index in [9.17, 15) is 9.59 Å². The maximum atomic E-state index is 13.7. The average Bonchev–Trinajstić information content (AvgIpc) is 3.59. The lowest BCUT2D eigenvalue weighted by Gasteiger charge is -2.12. The predicted molar refractivity (Wildman–Crippen MR) is 147 cm³/mol. The van der Waals surface area contributed by atoms with Gasteiger partial charge in [-0.1, -0.05) is 48.0 Å². The van der Waals surface area contributed by atoms with Gasteiger partial charge in [-0.3, -0.25) is 4.79 Å². The Morgan fingerprint density at radius 1 is 0.947 bits per heavy atom. The van der Waals surface area contributed by atoms with Crippen LogP contribution in [0.4, 0.5) is 5.00 Å². The minimum atomic E-state index is -0.516. The van der Waals surface area contributed by atoms with E-state index in [0.717, 1.165) is 16.7 Å². The van der Waals surface area contributed by atoms with Crippen LogP contribution >= 0.6 is 11.3 Å². The van der Waals surface area contributed by atoms with Gasteiger partial charge in [-0.25, -0.2) is 9.78 Å². The normalized spacial score (nSPS) is 11.9. The van der Waals surface area contributed by atoms with Crippen LogP contribution in [0.15, 0.2) is 78.2 Å². The first kappa shape index (κ1) is 23.7. The molecule has 38 heavy (non-hydrogen) atoms. The van der Waals surface area contributed by atoms with Gasteiger partial charge in [-0.2, -0.15) is 0 Å². The van der Waals surface area contributed by atoms with E-state index in [1.807, 2.05) is 79.0 Å². The van der Waals surface area contributed by atoms with Gasteiger partial charge in [0, 0.05) is 21.9 Å². The second-order valence-electron chi connectivity index (χ2n) is 8.81. The summed E-state index contributed by atoms with van der Waals surface area (Å²) in [6.07, 6.45) is 0. The van der Waals surface area contributed by atoms with Crippen molar-refractivity contribution in [2.24, 2.45) is 0 Å². The lowest BCUT2D eigenvalue weighted by Crippen LogP contribution is -2.15. The van der Waals surface area contributed by atoms with Crippen LogP contribution in [0.3, 0.4) is 0 Å². The van der Waals surface area contributed by atoms with Gasteiger partial charge in [0.1, 0.15) is 10.6 Å². The van der Waals surface area contributed by atoms with Crippen LogP contribution in [0.2, 0.25) is 0 Å². The van der Waals surface area contributed by atoms with Gasteiger partial charge >= 0.3 is 5.97 Å². The van der Waals surface area contributed by atoms with Crippen molar-refractivity contribution >= 4 is 39.1 Å². The van der Waals surface area contributed by atoms with Gasteiger partial charge in [0.15, 0.2) is 11.5 Å². The van der Waals surface area contributed by atoms with E-state index >= 15 is 0 Å². The number of aryl methyl sites for hydroxylation is 1. The number of ether oxygens (including phenoxy) is 3. The summed E-state index contributed by atoms with van der Waals surface area (Å²) in [5.74, 6) is 0.434. The van der Waals surface area contributed by atoms with Gasteiger partial charge in [-0.05, 0) is 42.8 Å². The molecule has 3 heterocycles. The van der Waals surface area contributed by atoms with Crippen molar-refractivity contribution in [3.63, 3.8) is 0 Å². The smallest absolute Gasteiger partial charge is 0.341 e. The van der Waals surface area contributed by atoms with Crippen molar-refractivity contribution in [2.75, 3.05) is 19.2 Å². The number of methoxy groups -OCH3 is 1. The Hall–Kier alpha value is -4.69. The summed E-state index contributed by atoms with van der Waals surface area (Å²) >= 11 is 1.28. The SMILES string of the molecule is COC(=O)c1c(-c2ccc(C)cc2)csc1NC(=O)c1cc(-c2ccc3c(c2)OCO3)nc2ccccc12. The molecule has 3 aromatic carbocycles. The number of fused-ring (bicyclic) bond motifs is 2. The maximum absolute atomic E-state index is 13.7. The zero-order valence-corrected chi connectivity index (χ0v) is 21.4. The third kappa shape index (κ3) is 4.25. The third-order valence-corrected chi connectivity index (χ3v) is 7.29. The van der Waals surface area contributed by atoms with Gasteiger partial charge in [0.2, 0.25) is 6.79 Å². The van der Waals surface area contributed by atoms with Crippen LogP contribution in [0.5, 0.6) is 11.5 Å². The van der Waals surface area contributed by atoms with E-state index < -0.39 is 5.97 Å². The summed E-state index contributed by atoms with van der Waals surface area (Å²) in [6.45, 7) is 2.17. The van der Waals surface area contributed by atoms with Gasteiger partial charge in [0.25, 0.3) is 5.91 Å². The molecule has 8 heteroatoms. The highest BCUT2D eigenvalue weighted by atomic mass is 32.1. The molecule has 1 N–H and O–H groups in total. The second kappa shape index (κ2) is 9.64. The highest BCUT2D eigenvalue weighted by Gasteiger charge is 2.24. The maximum Gasteiger partial charge on any atom is 0.341 e. The Bertz CT molecular complexity index is 1710. The van der Waals surface area contributed by atoms with E-state index in [2.05, 4.69) is 5.32 Å². The summed E-state index contributed by atoms with van der Waals surface area (Å²) in [5.41, 5.74) is 5.53. The molecular formula is C30H22N2O5S. The van der Waals surface area contributed by atoms with Crippen LogP contribution < -0.4 is 14.8 Å². The number of hydrogen-bond donors (Lipinski definition) is 1. The fourth-order valence-corrected chi connectivity index (χ4v) is 5.39. The summed E-state index contributed by atoms with van der Waals surface area (Å²) in [5, 5.41) is 5.94. The van der Waals surface area contributed by atoms with Gasteiger partial charge < -0.3 is 19.5 Å². The van der Waals surface area contributed by atoms with Crippen LogP contribution in [0, 0.1) is 6.92 Å². The highest BCUT2D eigenvalue weighted by Crippen LogP contribution is 2.38. The monoisotopic (exact) mass is 522 g/mol. The summed E-state index contributed by atoms with van der Waals surface area (Å²) in [4.78, 5) is 31.3. The van der Waals surface area contributed by atoms with E-state index in [1.54, 1.807) is 6.07 Å². The molecule has 1 aliphatic heterocycles. The third-order valence-electron chi connectivity index (χ3n) is 6.40. The minimum absolute atomic E-state index is 0.172. The van der Waals surface area contributed by atoms with Crippen LogP contribution in [0.1, 0.15) is 26.3 Å². The van der Waals surface area contributed by atoms with E-state index in [-0.39, 0.29) is 12.7 Å². The number of pyridine rings is 1. The van der Waals surface area contributed by atoms with Crippen molar-refractivity contribution in [1.82, 2.24) is 4.98 Å². The number of thiophene rings is 1. The van der Waals surface area contributed by atoms with Gasteiger partial charge in [-0.15, -0.1) is 11.3 Å². The molecule has 2 aromatic heterocycles. The van der Waals surface area contributed by atoms with E-state index in [1.165, 1.54) is 18.4 Å². The lowest BCUT2D eigenvalue weighted by atomic mass is 10.0. The zero-order valence-electron chi connectivity index (χ0n) is 20.6. The second-order valence-corrected chi connectivity index (χ2v) is 9.69. The standard InChI is InChI=1S/C30H22N2O5S/c1-17-7-9-18(10-8-17)22-15-38-29(27(22)30(34)35-2)32-28(33)21-14-24(31-23-6-4-3-5-20(21)23)19-11-12-25-26(13-19)37-16-36-25/h3-15H,16H2,1-2H3,(H,32,33). The Morgan fingerprint density at radius 2 is 1.71 bits per heavy atom. The molecule has 0 spiro atoms. The fourth-order valence-electron chi connectivity index (χ4n) is 4.44. The quantitative estimate of drug-likeness (QED) is 0.258. The molecular weight excluding hydrogens is 500 g/mol. The average molecular weight is 523 g/mol. The molecule has 6 rings (SSSR count). The first-order valence-electron chi connectivity index (χ1n) is 11.9. The Morgan fingerprint density at radius 3 is 2.53 bits per heavy atom. The highest BCUT2D eigenvalue weighted by molar-refractivity contribution is 7.15. The Labute approximate surface area is 222 Å². The topological polar surface area (TPSA) is 86.8 Å². The first-order valence-corrected chi connectivity index (χ1v) is 12.8. The summed E-state index contributed by atoms with van der Waals surface area (Å²) in [6, 6.07) is 22.6. The molecule has 0 aliphatic carbocycles. The zero-order chi connectivity index (χ0) is 26.2. The number of nitrogens with one attached hydrogen (secondary N) is 1. The largest absolute Gasteiger partial charge is 0.465 e. The van der Waals surface area contributed by atoms with Crippen LogP contribution in [-0.2, 0) is 4.74 Å². The van der Waals surface area contributed by atoms with Gasteiger partial charge in [0.05, 0.1) is 23.9 Å². The molecule has 0 radical (unpaired) electrons. The number of amides is 1. The fraction of sp³-hybridized carbons (Fsp3) is 0.100. The number of hydrogen-bond acceptors (Lipinski definition) is 7. The number of nitrogens with zero attached hydrogens (tertiary/aromatic N) is 1. The van der Waals surface area contributed by atoms with Crippen molar-refractivity contribution < 1.29 is 23.8 Å². The molecule has 1 aliphatic rings. The van der Waals surface area contributed by atoms with E-state index in [0.29, 0.717) is 49.8 Å². The number of rotatable bonds is 5. The first-order chi connectivity index (χ1) is 18.5. The summed E-state index contributed by atoms with van der Waals surface area (Å²) in [7, 11) is 1.33. The molecule has 5 aromatic rings. The van der Waals surface area contributed by atoms with Crippen LogP contribution in [0.25, 0.3) is 33.3 Å². The van der Waals surface area contributed by atoms with Crippen molar-refractivity contribution in [1.29, 1.82) is 0 Å². The molecule has 0 saturated carbocycles. The minimum Gasteiger partial charge on any atom is -0.465 e. The number of esters is 1. The Kier molecular flexibility index (Phi) is 6.01. The van der Waals surface area contributed by atoms with Crippen molar-refractivity contribution in [3.05, 3.63) is 94.9 Å². The molecule has 1 amide bonds. The van der Waals surface area contributed by atoms with Crippen molar-refractivity contribution in [3.8, 4) is 33.9 Å². The molecule has 188 valence electrons. The number of para-hydroxylation sites is 1. The molecule has 0 unspecified atom stereocenters. The number of aromatic nitrogens is 1. The molecule has 0 atom stereocenters. The Balaban J connectivity index is 1.41. The number of anilines is 1. The lowest BCUT2D eigenvalue weighted by molar-refractivity contribution is 0.0603. The van der Waals surface area contributed by atoms with E-state index in [4.69, 9.17) is 19.2 Å². The molecule has 0 saturated heterocycles. The number of carbonyl (C=O) groups is 2. The molecule has 7 nitrogen and oxygen atoms in total. The predicted octanol–water partition coefficient (Wildman–Crippen LogP) is 6.71. The number of carbonyl (C=O) groups excluding carboxylic acids is 2. The van der Waals surface area contributed by atoms with Crippen molar-refractivity contribution in [2.45, 2.75) is 6.92 Å². The number of benzene rings is 3. The van der Waals surface area contributed by atoms with Crippen LogP contribution in [-0.4, -0.2) is 30.8 Å². The molecule has 0 bridgehead atoms.